The Labute approximate surface area is 130 Å². The Bertz CT molecular complexity index is 620. The molecule has 0 fully saturated rings. The fraction of sp³-hybridized carbons (Fsp3) is 0.278. The number of hydrogen-bond acceptors (Lipinski definition) is 2. The van der Waals surface area contributed by atoms with Crippen molar-refractivity contribution in [3.8, 4) is 16.9 Å². The maximum Gasteiger partial charge on any atom is 0.308 e. The van der Waals surface area contributed by atoms with Gasteiger partial charge < -0.3 is 4.74 Å². The number of carbonyl (C=O) groups excluding carboxylic acids is 1. The quantitative estimate of drug-likeness (QED) is 0.583. The van der Waals surface area contributed by atoms with E-state index in [0.29, 0.717) is 5.75 Å². The smallest absolute Gasteiger partial charge is 0.308 e. The van der Waals surface area contributed by atoms with Crippen molar-refractivity contribution in [2.75, 3.05) is 0 Å². The van der Waals surface area contributed by atoms with Crippen LogP contribution in [0.5, 0.6) is 5.75 Å². The highest BCUT2D eigenvalue weighted by Gasteiger charge is 2.13. The average molecular weight is 303 g/mol. The molecule has 3 heteroatoms. The molecule has 0 spiro atoms. The van der Waals surface area contributed by atoms with Crippen molar-refractivity contribution in [3.05, 3.63) is 52.5 Å². The van der Waals surface area contributed by atoms with E-state index < -0.39 is 0 Å². The van der Waals surface area contributed by atoms with E-state index in [1.807, 2.05) is 24.3 Å². The average Bonchev–Trinajstić information content (AvgIpc) is 2.47. The summed E-state index contributed by atoms with van der Waals surface area (Å²) in [6.07, 6.45) is 1.63. The summed E-state index contributed by atoms with van der Waals surface area (Å²) in [5.74, 6) is 0.434. The SMILES string of the molecule is CCc1cc(-c2ccc(Cl)cc2)cc(CC)c1OC(C)=O. The highest BCUT2D eigenvalue weighted by Crippen LogP contribution is 2.32. The summed E-state index contributed by atoms with van der Waals surface area (Å²) in [5, 5.41) is 0.724. The predicted molar refractivity (Wildman–Crippen MR) is 87.0 cm³/mol. The zero-order chi connectivity index (χ0) is 15.4. The summed E-state index contributed by atoms with van der Waals surface area (Å²) >= 11 is 5.94. The first-order valence-electron chi connectivity index (χ1n) is 7.15. The summed E-state index contributed by atoms with van der Waals surface area (Å²) in [4.78, 5) is 11.3. The van der Waals surface area contributed by atoms with Crippen LogP contribution < -0.4 is 4.74 Å². The fourth-order valence-corrected chi connectivity index (χ4v) is 2.49. The number of hydrogen-bond donors (Lipinski definition) is 0. The van der Waals surface area contributed by atoms with Crippen LogP contribution in [0.15, 0.2) is 36.4 Å². The minimum absolute atomic E-state index is 0.279. The number of rotatable bonds is 4. The number of ether oxygens (including phenoxy) is 1. The van der Waals surface area contributed by atoms with Crippen LogP contribution in [0.1, 0.15) is 31.9 Å². The number of esters is 1. The Balaban J connectivity index is 2.54. The van der Waals surface area contributed by atoms with Gasteiger partial charge >= 0.3 is 5.97 Å². The molecule has 0 aliphatic carbocycles. The molecule has 2 rings (SSSR count). The molecule has 0 atom stereocenters. The van der Waals surface area contributed by atoms with Crippen LogP contribution in [-0.4, -0.2) is 5.97 Å². The monoisotopic (exact) mass is 302 g/mol. The molecule has 0 radical (unpaired) electrons. The third-order valence-electron chi connectivity index (χ3n) is 3.43. The normalized spacial score (nSPS) is 10.5. The fourth-order valence-electron chi connectivity index (χ4n) is 2.36. The van der Waals surface area contributed by atoms with Gasteiger partial charge in [-0.1, -0.05) is 37.6 Å². The van der Waals surface area contributed by atoms with Gasteiger partial charge in [-0.3, -0.25) is 4.79 Å². The van der Waals surface area contributed by atoms with Crippen LogP contribution in [0.4, 0.5) is 0 Å². The topological polar surface area (TPSA) is 26.3 Å². The Morgan fingerprint density at radius 2 is 1.52 bits per heavy atom. The molecule has 0 N–H and O–H groups in total. The van der Waals surface area contributed by atoms with E-state index in [0.717, 1.165) is 40.1 Å². The summed E-state index contributed by atoms with van der Waals surface area (Å²) in [5.41, 5.74) is 4.33. The highest BCUT2D eigenvalue weighted by molar-refractivity contribution is 6.30. The van der Waals surface area contributed by atoms with E-state index in [1.165, 1.54) is 6.92 Å². The molecule has 0 aliphatic rings. The molecule has 0 aromatic heterocycles. The molecule has 0 amide bonds. The van der Waals surface area contributed by atoms with E-state index >= 15 is 0 Å². The first kappa shape index (κ1) is 15.6. The molecule has 110 valence electrons. The van der Waals surface area contributed by atoms with Gasteiger partial charge in [0, 0.05) is 11.9 Å². The zero-order valence-electron chi connectivity index (χ0n) is 12.6. The van der Waals surface area contributed by atoms with Crippen molar-refractivity contribution < 1.29 is 9.53 Å². The van der Waals surface area contributed by atoms with Crippen LogP contribution in [0, 0.1) is 0 Å². The lowest BCUT2D eigenvalue weighted by molar-refractivity contribution is -0.132. The molecule has 0 bridgehead atoms. The van der Waals surface area contributed by atoms with Crippen LogP contribution in [-0.2, 0) is 17.6 Å². The number of benzene rings is 2. The third kappa shape index (κ3) is 3.64. The second-order valence-electron chi connectivity index (χ2n) is 4.93. The predicted octanol–water partition coefficient (Wildman–Crippen LogP) is 5.06. The largest absolute Gasteiger partial charge is 0.426 e. The van der Waals surface area contributed by atoms with Gasteiger partial charge in [0.25, 0.3) is 0 Å². The van der Waals surface area contributed by atoms with E-state index in [1.54, 1.807) is 0 Å². The molecule has 2 aromatic carbocycles. The molecule has 21 heavy (non-hydrogen) atoms. The molecule has 2 aromatic rings. The summed E-state index contributed by atoms with van der Waals surface area (Å²) < 4.78 is 5.41. The number of aryl methyl sites for hydroxylation is 2. The van der Waals surface area contributed by atoms with Crippen molar-refractivity contribution in [3.63, 3.8) is 0 Å². The third-order valence-corrected chi connectivity index (χ3v) is 3.68. The Morgan fingerprint density at radius 3 is 1.95 bits per heavy atom. The minimum atomic E-state index is -0.279. The molecular formula is C18H19ClO2. The molecule has 2 nitrogen and oxygen atoms in total. The molecule has 0 saturated carbocycles. The van der Waals surface area contributed by atoms with Crippen molar-refractivity contribution in [2.24, 2.45) is 0 Å². The van der Waals surface area contributed by atoms with Gasteiger partial charge in [0.1, 0.15) is 5.75 Å². The molecule has 0 unspecified atom stereocenters. The maximum atomic E-state index is 11.3. The lowest BCUT2D eigenvalue weighted by Crippen LogP contribution is -2.06. The van der Waals surface area contributed by atoms with Gasteiger partial charge in [-0.05, 0) is 59.4 Å². The van der Waals surface area contributed by atoms with Crippen molar-refractivity contribution in [1.29, 1.82) is 0 Å². The van der Waals surface area contributed by atoms with Gasteiger partial charge in [-0.2, -0.15) is 0 Å². The molecular weight excluding hydrogens is 284 g/mol. The number of halogens is 1. The van der Waals surface area contributed by atoms with E-state index in [9.17, 15) is 4.79 Å². The van der Waals surface area contributed by atoms with E-state index in [4.69, 9.17) is 16.3 Å². The van der Waals surface area contributed by atoms with Gasteiger partial charge in [0.05, 0.1) is 0 Å². The van der Waals surface area contributed by atoms with E-state index in [-0.39, 0.29) is 5.97 Å². The second kappa shape index (κ2) is 6.77. The van der Waals surface area contributed by atoms with Gasteiger partial charge in [0.15, 0.2) is 0 Å². The summed E-state index contributed by atoms with van der Waals surface area (Å²) in [6.45, 7) is 5.56. The minimum Gasteiger partial charge on any atom is -0.426 e. The number of carbonyl (C=O) groups is 1. The Hall–Kier alpha value is -1.80. The van der Waals surface area contributed by atoms with E-state index in [2.05, 4.69) is 26.0 Å². The Morgan fingerprint density at radius 1 is 1.00 bits per heavy atom. The first-order valence-corrected chi connectivity index (χ1v) is 7.53. The van der Waals surface area contributed by atoms with Gasteiger partial charge in [0.2, 0.25) is 0 Å². The van der Waals surface area contributed by atoms with Crippen LogP contribution >= 0.6 is 11.6 Å². The lowest BCUT2D eigenvalue weighted by Gasteiger charge is -2.15. The van der Waals surface area contributed by atoms with Gasteiger partial charge in [-0.15, -0.1) is 0 Å². The standard InChI is InChI=1S/C18H19ClO2/c1-4-13-10-16(15-6-8-17(19)9-7-15)11-14(5-2)18(13)21-12(3)20/h6-11H,4-5H2,1-3H3. The Kier molecular flexibility index (Phi) is 5.03. The summed E-state index contributed by atoms with van der Waals surface area (Å²) in [6, 6.07) is 11.9. The van der Waals surface area contributed by atoms with Crippen LogP contribution in [0.2, 0.25) is 5.02 Å². The van der Waals surface area contributed by atoms with Crippen molar-refractivity contribution in [2.45, 2.75) is 33.6 Å². The van der Waals surface area contributed by atoms with Crippen molar-refractivity contribution >= 4 is 17.6 Å². The summed E-state index contributed by atoms with van der Waals surface area (Å²) in [7, 11) is 0. The molecule has 0 aliphatic heterocycles. The highest BCUT2D eigenvalue weighted by atomic mass is 35.5. The van der Waals surface area contributed by atoms with Gasteiger partial charge in [-0.25, -0.2) is 0 Å². The van der Waals surface area contributed by atoms with Crippen LogP contribution in [0.25, 0.3) is 11.1 Å². The molecule has 0 saturated heterocycles. The zero-order valence-corrected chi connectivity index (χ0v) is 13.3. The van der Waals surface area contributed by atoms with Crippen molar-refractivity contribution in [1.82, 2.24) is 0 Å². The first-order chi connectivity index (χ1) is 10.0. The lowest BCUT2D eigenvalue weighted by atomic mass is 9.96. The second-order valence-corrected chi connectivity index (χ2v) is 5.37. The van der Waals surface area contributed by atoms with Crippen LogP contribution in [0.3, 0.4) is 0 Å². The molecule has 0 heterocycles. The maximum absolute atomic E-state index is 11.3.